The fraction of sp³-hybridized carbons (Fsp3) is 0.417. The summed E-state index contributed by atoms with van der Waals surface area (Å²) in [6.45, 7) is 3.64. The third-order valence-electron chi connectivity index (χ3n) is 2.31. The summed E-state index contributed by atoms with van der Waals surface area (Å²) in [4.78, 5) is 10.8. The largest absolute Gasteiger partial charge is 0.382 e. The summed E-state index contributed by atoms with van der Waals surface area (Å²) in [6, 6.07) is 0. The van der Waals surface area contributed by atoms with Crippen LogP contribution in [0.1, 0.15) is 25.7 Å². The van der Waals surface area contributed by atoms with E-state index in [1.165, 1.54) is 12.2 Å². The SMILES string of the molecule is C=CCCCCC1(O)C=CC(=O)C=C1. The molecule has 0 aromatic heterocycles. The Balaban J connectivity index is 2.36. The van der Waals surface area contributed by atoms with Crippen LogP contribution in [0.2, 0.25) is 0 Å². The second-order valence-corrected chi connectivity index (χ2v) is 3.59. The standard InChI is InChI=1S/C12H16O2/c1-2-3-4-5-8-12(14)9-6-11(13)7-10-12/h2,6-7,9-10,14H,1,3-5,8H2. The highest BCUT2D eigenvalue weighted by Crippen LogP contribution is 2.21. The highest BCUT2D eigenvalue weighted by Gasteiger charge is 2.21. The molecule has 1 rings (SSSR count). The first-order chi connectivity index (χ1) is 6.66. The maximum Gasteiger partial charge on any atom is 0.178 e. The van der Waals surface area contributed by atoms with Crippen molar-refractivity contribution in [1.82, 2.24) is 0 Å². The van der Waals surface area contributed by atoms with E-state index in [2.05, 4.69) is 6.58 Å². The first-order valence-electron chi connectivity index (χ1n) is 4.92. The van der Waals surface area contributed by atoms with Gasteiger partial charge in [0, 0.05) is 0 Å². The van der Waals surface area contributed by atoms with Crippen molar-refractivity contribution in [1.29, 1.82) is 0 Å². The van der Waals surface area contributed by atoms with Crippen LogP contribution in [0, 0.1) is 0 Å². The molecule has 0 saturated carbocycles. The van der Waals surface area contributed by atoms with Crippen molar-refractivity contribution >= 4 is 5.78 Å². The lowest BCUT2D eigenvalue weighted by Gasteiger charge is -2.22. The maximum atomic E-state index is 10.8. The number of unbranched alkanes of at least 4 members (excludes halogenated alkanes) is 2. The average Bonchev–Trinajstić information content (AvgIpc) is 2.18. The minimum Gasteiger partial charge on any atom is -0.382 e. The Morgan fingerprint density at radius 2 is 2.00 bits per heavy atom. The lowest BCUT2D eigenvalue weighted by molar-refractivity contribution is -0.110. The van der Waals surface area contributed by atoms with Crippen LogP contribution in [0.5, 0.6) is 0 Å². The predicted molar refractivity (Wildman–Crippen MR) is 56.9 cm³/mol. The summed E-state index contributed by atoms with van der Waals surface area (Å²) >= 11 is 0. The molecular weight excluding hydrogens is 176 g/mol. The Bertz CT molecular complexity index is 258. The van der Waals surface area contributed by atoms with Crippen molar-refractivity contribution in [3.8, 4) is 0 Å². The molecule has 0 aliphatic heterocycles. The smallest absolute Gasteiger partial charge is 0.178 e. The third-order valence-corrected chi connectivity index (χ3v) is 2.31. The number of rotatable bonds is 5. The summed E-state index contributed by atoms with van der Waals surface area (Å²) in [5, 5.41) is 9.94. The molecular formula is C12H16O2. The van der Waals surface area contributed by atoms with Crippen LogP contribution in [-0.2, 0) is 4.79 Å². The normalized spacial score (nSPS) is 18.5. The zero-order valence-electron chi connectivity index (χ0n) is 8.28. The molecule has 0 spiro atoms. The van der Waals surface area contributed by atoms with Gasteiger partial charge in [0.15, 0.2) is 5.78 Å². The molecule has 0 fully saturated rings. The van der Waals surface area contributed by atoms with E-state index in [4.69, 9.17) is 0 Å². The van der Waals surface area contributed by atoms with Crippen LogP contribution in [0.25, 0.3) is 0 Å². The molecule has 1 aliphatic rings. The molecule has 0 amide bonds. The predicted octanol–water partition coefficient (Wildman–Crippen LogP) is 2.16. The molecule has 0 atom stereocenters. The van der Waals surface area contributed by atoms with Gasteiger partial charge < -0.3 is 5.11 Å². The van der Waals surface area contributed by atoms with Crippen LogP contribution >= 0.6 is 0 Å². The van der Waals surface area contributed by atoms with Gasteiger partial charge in [-0.15, -0.1) is 6.58 Å². The molecule has 0 bridgehead atoms. The first kappa shape index (κ1) is 10.9. The minimum absolute atomic E-state index is 0.0548. The Morgan fingerprint density at radius 3 is 2.57 bits per heavy atom. The molecule has 0 saturated heterocycles. The Morgan fingerprint density at radius 1 is 1.36 bits per heavy atom. The summed E-state index contributed by atoms with van der Waals surface area (Å²) in [5.41, 5.74) is -0.908. The van der Waals surface area contributed by atoms with Crippen molar-refractivity contribution in [2.24, 2.45) is 0 Å². The molecule has 2 nitrogen and oxygen atoms in total. The van der Waals surface area contributed by atoms with Gasteiger partial charge in [-0.1, -0.05) is 6.08 Å². The molecule has 2 heteroatoms. The first-order valence-corrected chi connectivity index (χ1v) is 4.92. The van der Waals surface area contributed by atoms with Gasteiger partial charge in [-0.2, -0.15) is 0 Å². The van der Waals surface area contributed by atoms with Crippen LogP contribution in [0.4, 0.5) is 0 Å². The van der Waals surface area contributed by atoms with Crippen molar-refractivity contribution < 1.29 is 9.90 Å². The van der Waals surface area contributed by atoms with E-state index in [0.29, 0.717) is 6.42 Å². The van der Waals surface area contributed by atoms with E-state index >= 15 is 0 Å². The van der Waals surface area contributed by atoms with E-state index in [-0.39, 0.29) is 5.78 Å². The third kappa shape index (κ3) is 3.30. The van der Waals surface area contributed by atoms with E-state index < -0.39 is 5.60 Å². The van der Waals surface area contributed by atoms with Gasteiger partial charge in [0.1, 0.15) is 5.60 Å². The molecule has 0 unspecified atom stereocenters. The lowest BCUT2D eigenvalue weighted by atomic mass is 9.91. The number of ketones is 1. The van der Waals surface area contributed by atoms with Gasteiger partial charge in [-0.3, -0.25) is 4.79 Å². The number of aliphatic hydroxyl groups is 1. The van der Waals surface area contributed by atoms with Crippen molar-refractivity contribution in [3.63, 3.8) is 0 Å². The molecule has 0 aromatic carbocycles. The molecule has 0 aromatic rings. The second-order valence-electron chi connectivity index (χ2n) is 3.59. The monoisotopic (exact) mass is 192 g/mol. The van der Waals surface area contributed by atoms with E-state index in [0.717, 1.165) is 19.3 Å². The average molecular weight is 192 g/mol. The van der Waals surface area contributed by atoms with E-state index in [1.807, 2.05) is 6.08 Å². The Hall–Kier alpha value is -1.15. The maximum absolute atomic E-state index is 10.8. The highest BCUT2D eigenvalue weighted by atomic mass is 16.3. The number of allylic oxidation sites excluding steroid dienone is 3. The summed E-state index contributed by atoms with van der Waals surface area (Å²) in [7, 11) is 0. The minimum atomic E-state index is -0.908. The van der Waals surface area contributed by atoms with Gasteiger partial charge >= 0.3 is 0 Å². The summed E-state index contributed by atoms with van der Waals surface area (Å²) in [5.74, 6) is -0.0548. The number of carbonyl (C=O) groups is 1. The fourth-order valence-electron chi connectivity index (χ4n) is 1.43. The van der Waals surface area contributed by atoms with Gasteiger partial charge in [0.05, 0.1) is 0 Å². The molecule has 76 valence electrons. The fourth-order valence-corrected chi connectivity index (χ4v) is 1.43. The van der Waals surface area contributed by atoms with Crippen LogP contribution in [-0.4, -0.2) is 16.5 Å². The van der Waals surface area contributed by atoms with Gasteiger partial charge in [-0.25, -0.2) is 0 Å². The molecule has 14 heavy (non-hydrogen) atoms. The topological polar surface area (TPSA) is 37.3 Å². The Labute approximate surface area is 84.6 Å². The molecule has 1 N–H and O–H groups in total. The van der Waals surface area contributed by atoms with Crippen LogP contribution in [0.15, 0.2) is 37.0 Å². The van der Waals surface area contributed by atoms with Crippen LogP contribution < -0.4 is 0 Å². The van der Waals surface area contributed by atoms with Gasteiger partial charge in [-0.05, 0) is 50.0 Å². The zero-order valence-corrected chi connectivity index (χ0v) is 8.28. The van der Waals surface area contributed by atoms with Crippen LogP contribution in [0.3, 0.4) is 0 Å². The van der Waals surface area contributed by atoms with E-state index in [1.54, 1.807) is 12.2 Å². The summed E-state index contributed by atoms with van der Waals surface area (Å²) < 4.78 is 0. The zero-order chi connectivity index (χ0) is 10.4. The second kappa shape index (κ2) is 4.91. The quantitative estimate of drug-likeness (QED) is 0.535. The summed E-state index contributed by atoms with van der Waals surface area (Å²) in [6.07, 6.45) is 11.5. The molecule has 0 heterocycles. The number of hydrogen-bond donors (Lipinski definition) is 1. The highest BCUT2D eigenvalue weighted by molar-refractivity contribution is 6.00. The van der Waals surface area contributed by atoms with Crippen molar-refractivity contribution in [3.05, 3.63) is 37.0 Å². The van der Waals surface area contributed by atoms with Gasteiger partial charge in [0.2, 0.25) is 0 Å². The number of hydrogen-bond acceptors (Lipinski definition) is 2. The molecule has 1 aliphatic carbocycles. The lowest BCUT2D eigenvalue weighted by Crippen LogP contribution is -2.25. The van der Waals surface area contributed by atoms with E-state index in [9.17, 15) is 9.90 Å². The Kier molecular flexibility index (Phi) is 3.84. The van der Waals surface area contributed by atoms with Crippen molar-refractivity contribution in [2.45, 2.75) is 31.3 Å². The van der Waals surface area contributed by atoms with Gasteiger partial charge in [0.25, 0.3) is 0 Å². The number of carbonyl (C=O) groups excluding carboxylic acids is 1. The van der Waals surface area contributed by atoms with Crippen molar-refractivity contribution in [2.75, 3.05) is 0 Å². The molecule has 0 radical (unpaired) electrons.